The van der Waals surface area contributed by atoms with Gasteiger partial charge >= 0.3 is 0 Å². The molecule has 1 aliphatic heterocycles. The van der Waals surface area contributed by atoms with Gasteiger partial charge in [0.25, 0.3) is 0 Å². The molecule has 3 rings (SSSR count). The van der Waals surface area contributed by atoms with Gasteiger partial charge in [0.2, 0.25) is 17.7 Å². The summed E-state index contributed by atoms with van der Waals surface area (Å²) >= 11 is 0. The van der Waals surface area contributed by atoms with Crippen molar-refractivity contribution in [2.24, 2.45) is 0 Å². The van der Waals surface area contributed by atoms with Crippen LogP contribution in [-0.4, -0.2) is 39.9 Å². The van der Waals surface area contributed by atoms with Crippen molar-refractivity contribution in [3.8, 4) is 0 Å². The third kappa shape index (κ3) is 5.64. The molecule has 1 aromatic heterocycles. The lowest BCUT2D eigenvalue weighted by Gasteiger charge is -2.29. The molecule has 1 fully saturated rings. The Bertz CT molecular complexity index is 752. The van der Waals surface area contributed by atoms with Crippen molar-refractivity contribution < 1.29 is 14.1 Å². The van der Waals surface area contributed by atoms with Gasteiger partial charge in [0, 0.05) is 32.4 Å². The lowest BCUT2D eigenvalue weighted by atomic mass is 9.96. The number of aryl methyl sites for hydroxylation is 1. The van der Waals surface area contributed by atoms with Gasteiger partial charge in [-0.1, -0.05) is 35.5 Å². The van der Waals surface area contributed by atoms with Gasteiger partial charge in [0.05, 0.1) is 6.54 Å². The van der Waals surface area contributed by atoms with Crippen LogP contribution in [0.25, 0.3) is 0 Å². The predicted octanol–water partition coefficient (Wildman–Crippen LogP) is 2.43. The van der Waals surface area contributed by atoms with Crippen molar-refractivity contribution in [2.75, 3.05) is 13.1 Å². The van der Waals surface area contributed by atoms with E-state index in [-0.39, 0.29) is 24.3 Å². The van der Waals surface area contributed by atoms with E-state index in [4.69, 9.17) is 4.52 Å². The maximum atomic E-state index is 12.0. The molecule has 0 aliphatic carbocycles. The molecule has 7 nitrogen and oxygen atoms in total. The van der Waals surface area contributed by atoms with Crippen molar-refractivity contribution in [1.82, 2.24) is 20.4 Å². The van der Waals surface area contributed by atoms with Gasteiger partial charge in [-0.25, -0.2) is 0 Å². The summed E-state index contributed by atoms with van der Waals surface area (Å²) in [5.74, 6) is 1.40. The van der Waals surface area contributed by atoms with Gasteiger partial charge < -0.3 is 14.7 Å². The first-order chi connectivity index (χ1) is 13.1. The van der Waals surface area contributed by atoms with E-state index in [0.29, 0.717) is 18.1 Å². The van der Waals surface area contributed by atoms with Crippen LogP contribution in [0, 0.1) is 0 Å². The van der Waals surface area contributed by atoms with Gasteiger partial charge in [-0.2, -0.15) is 4.98 Å². The molecule has 27 heavy (non-hydrogen) atoms. The van der Waals surface area contributed by atoms with Gasteiger partial charge in [0.1, 0.15) is 0 Å². The Balaban J connectivity index is 1.38. The lowest BCUT2D eigenvalue weighted by molar-refractivity contribution is -0.129. The largest absolute Gasteiger partial charge is 0.347 e. The van der Waals surface area contributed by atoms with Gasteiger partial charge in [0.15, 0.2) is 5.82 Å². The fraction of sp³-hybridized carbons (Fsp3) is 0.500. The van der Waals surface area contributed by atoms with E-state index in [1.165, 1.54) is 5.56 Å². The van der Waals surface area contributed by atoms with E-state index in [2.05, 4.69) is 27.6 Å². The Hall–Kier alpha value is -2.70. The average molecular weight is 370 g/mol. The monoisotopic (exact) mass is 370 g/mol. The quantitative estimate of drug-likeness (QED) is 0.809. The highest BCUT2D eigenvalue weighted by Crippen LogP contribution is 2.25. The van der Waals surface area contributed by atoms with Gasteiger partial charge in [-0.3, -0.25) is 9.59 Å². The van der Waals surface area contributed by atoms with Crippen LogP contribution in [0.2, 0.25) is 0 Å². The maximum Gasteiger partial charge on any atom is 0.246 e. The first-order valence-corrected chi connectivity index (χ1v) is 9.50. The molecule has 144 valence electrons. The van der Waals surface area contributed by atoms with Crippen molar-refractivity contribution in [3.05, 3.63) is 47.6 Å². The van der Waals surface area contributed by atoms with E-state index < -0.39 is 0 Å². The maximum absolute atomic E-state index is 12.0. The summed E-state index contributed by atoms with van der Waals surface area (Å²) in [5.41, 5.74) is 1.24. The number of carbonyl (C=O) groups excluding carboxylic acids is 2. The topological polar surface area (TPSA) is 88.3 Å². The molecule has 7 heteroatoms. The highest BCUT2D eigenvalue weighted by atomic mass is 16.5. The Kier molecular flexibility index (Phi) is 6.57. The number of amides is 2. The molecule has 1 aromatic carbocycles. The molecule has 1 saturated heterocycles. The number of piperidine rings is 1. The average Bonchev–Trinajstić information content (AvgIpc) is 3.16. The first-order valence-electron chi connectivity index (χ1n) is 9.50. The molecule has 0 saturated carbocycles. The molecule has 0 bridgehead atoms. The Morgan fingerprint density at radius 2 is 1.96 bits per heavy atom. The van der Waals surface area contributed by atoms with Crippen LogP contribution in [0.15, 0.2) is 34.9 Å². The van der Waals surface area contributed by atoms with E-state index in [0.717, 1.165) is 38.8 Å². The zero-order valence-corrected chi connectivity index (χ0v) is 15.7. The second kappa shape index (κ2) is 9.30. The summed E-state index contributed by atoms with van der Waals surface area (Å²) < 4.78 is 5.26. The Morgan fingerprint density at radius 3 is 2.67 bits per heavy atom. The molecule has 1 aliphatic rings. The van der Waals surface area contributed by atoms with Crippen LogP contribution in [0.3, 0.4) is 0 Å². The molecule has 0 spiro atoms. The minimum atomic E-state index is -0.0135. The van der Waals surface area contributed by atoms with E-state index in [1.807, 2.05) is 23.1 Å². The highest BCUT2D eigenvalue weighted by molar-refractivity contribution is 5.75. The van der Waals surface area contributed by atoms with Crippen LogP contribution >= 0.6 is 0 Å². The minimum absolute atomic E-state index is 0.0135. The SMILES string of the molecule is CC(=O)N1CCC(c2noc(CNC(=O)CCCc3ccccc3)n2)CC1. The van der Waals surface area contributed by atoms with Crippen LogP contribution in [0.1, 0.15) is 55.8 Å². The second-order valence-corrected chi connectivity index (χ2v) is 6.94. The van der Waals surface area contributed by atoms with Crippen LogP contribution in [-0.2, 0) is 22.6 Å². The Morgan fingerprint density at radius 1 is 1.22 bits per heavy atom. The summed E-state index contributed by atoms with van der Waals surface area (Å²) in [6, 6.07) is 10.1. The Labute approximate surface area is 159 Å². The molecular weight excluding hydrogens is 344 g/mol. The molecule has 0 unspecified atom stereocenters. The predicted molar refractivity (Wildman–Crippen MR) is 99.8 cm³/mol. The summed E-state index contributed by atoms with van der Waals surface area (Å²) in [6.45, 7) is 3.29. The standard InChI is InChI=1S/C20H26N4O3/c1-15(25)24-12-10-17(11-13-24)20-22-19(27-23-20)14-21-18(26)9-5-8-16-6-3-2-4-7-16/h2-4,6-7,17H,5,8-14H2,1H3,(H,21,26). The number of hydrogen-bond donors (Lipinski definition) is 1. The zero-order valence-electron chi connectivity index (χ0n) is 15.7. The number of benzene rings is 1. The number of nitrogens with one attached hydrogen (secondary N) is 1. The fourth-order valence-corrected chi connectivity index (χ4v) is 3.32. The molecule has 1 N–H and O–H groups in total. The number of hydrogen-bond acceptors (Lipinski definition) is 5. The third-order valence-corrected chi connectivity index (χ3v) is 4.94. The first kappa shape index (κ1) is 19.1. The summed E-state index contributed by atoms with van der Waals surface area (Å²) in [4.78, 5) is 29.6. The van der Waals surface area contributed by atoms with Crippen LogP contribution in [0.5, 0.6) is 0 Å². The summed E-state index contributed by atoms with van der Waals surface area (Å²) in [5, 5.41) is 6.88. The summed E-state index contributed by atoms with van der Waals surface area (Å²) in [7, 11) is 0. The fourth-order valence-electron chi connectivity index (χ4n) is 3.32. The lowest BCUT2D eigenvalue weighted by Crippen LogP contribution is -2.36. The molecule has 2 aromatic rings. The van der Waals surface area contributed by atoms with Crippen molar-refractivity contribution in [1.29, 1.82) is 0 Å². The van der Waals surface area contributed by atoms with Crippen LogP contribution in [0.4, 0.5) is 0 Å². The molecular formula is C20H26N4O3. The van der Waals surface area contributed by atoms with Crippen molar-refractivity contribution in [3.63, 3.8) is 0 Å². The number of carbonyl (C=O) groups is 2. The number of nitrogens with zero attached hydrogens (tertiary/aromatic N) is 3. The number of likely N-dealkylation sites (tertiary alicyclic amines) is 1. The second-order valence-electron chi connectivity index (χ2n) is 6.94. The normalized spacial score (nSPS) is 14.9. The minimum Gasteiger partial charge on any atom is -0.347 e. The van der Waals surface area contributed by atoms with E-state index >= 15 is 0 Å². The van der Waals surface area contributed by atoms with E-state index in [1.54, 1.807) is 6.92 Å². The number of rotatable bonds is 7. The van der Waals surface area contributed by atoms with Crippen LogP contribution < -0.4 is 5.32 Å². The molecule has 0 atom stereocenters. The highest BCUT2D eigenvalue weighted by Gasteiger charge is 2.25. The van der Waals surface area contributed by atoms with Crippen molar-refractivity contribution >= 4 is 11.8 Å². The van der Waals surface area contributed by atoms with E-state index in [9.17, 15) is 9.59 Å². The van der Waals surface area contributed by atoms with Gasteiger partial charge in [-0.15, -0.1) is 0 Å². The van der Waals surface area contributed by atoms with Crippen molar-refractivity contribution in [2.45, 2.75) is 51.5 Å². The number of aromatic nitrogens is 2. The third-order valence-electron chi connectivity index (χ3n) is 4.94. The molecule has 2 amide bonds. The zero-order chi connectivity index (χ0) is 19.1. The summed E-state index contributed by atoms with van der Waals surface area (Å²) in [6.07, 6.45) is 3.84. The molecule has 0 radical (unpaired) electrons. The molecule has 2 heterocycles. The smallest absolute Gasteiger partial charge is 0.246 e. The van der Waals surface area contributed by atoms with Gasteiger partial charge in [-0.05, 0) is 31.2 Å².